The quantitative estimate of drug-likeness (QED) is 0.922. The average Bonchev–Trinajstić information content (AvgIpc) is 2.93. The number of nitrogens with one attached hydrogen (secondary N) is 1. The normalized spacial score (nSPS) is 21.5. The summed E-state index contributed by atoms with van der Waals surface area (Å²) in [6, 6.07) is 8.33. The molecule has 2 saturated heterocycles. The fourth-order valence-electron chi connectivity index (χ4n) is 3.66. The minimum absolute atomic E-state index is 0.122. The molecule has 1 atom stereocenters. The number of nitrogens with zero attached hydrogens (tertiary/aromatic N) is 2. The number of benzene rings is 1. The maximum absolute atomic E-state index is 12.3. The third kappa shape index (κ3) is 4.34. The van der Waals surface area contributed by atoms with Gasteiger partial charge in [0.05, 0.1) is 7.11 Å². The first-order chi connectivity index (χ1) is 11.8. The summed E-state index contributed by atoms with van der Waals surface area (Å²) in [5, 5.41) is 3.15. The zero-order chi connectivity index (χ0) is 16.8. The molecule has 0 saturated carbocycles. The van der Waals surface area contributed by atoms with E-state index in [4.69, 9.17) is 4.74 Å². The van der Waals surface area contributed by atoms with E-state index in [1.165, 1.54) is 18.5 Å². The maximum atomic E-state index is 12.3. The van der Waals surface area contributed by atoms with Gasteiger partial charge in [0.15, 0.2) is 0 Å². The van der Waals surface area contributed by atoms with Crippen LogP contribution in [0.25, 0.3) is 0 Å². The lowest BCUT2D eigenvalue weighted by atomic mass is 10.1. The largest absolute Gasteiger partial charge is 0.497 e. The van der Waals surface area contributed by atoms with Crippen LogP contribution in [0.5, 0.6) is 5.75 Å². The standard InChI is InChI=1S/C19H29N3O2/c1-24-18-8-6-7-17(13-18)22-12-9-16(15-22)14-20-19(23)21-10-4-2-3-5-11-21/h6-8,13,16H,2-5,9-12,14-15H2,1H3,(H,20,23)/t16-/m0/s1. The van der Waals surface area contributed by atoms with E-state index in [0.717, 1.165) is 57.7 Å². The van der Waals surface area contributed by atoms with Gasteiger partial charge in [0.25, 0.3) is 0 Å². The Morgan fingerprint density at radius 2 is 2.00 bits per heavy atom. The predicted octanol–water partition coefficient (Wildman–Crippen LogP) is 3.11. The Labute approximate surface area is 145 Å². The summed E-state index contributed by atoms with van der Waals surface area (Å²) in [4.78, 5) is 16.7. The van der Waals surface area contributed by atoms with Crippen LogP contribution in [-0.2, 0) is 0 Å². The molecule has 1 N–H and O–H groups in total. The number of urea groups is 1. The highest BCUT2D eigenvalue weighted by molar-refractivity contribution is 5.74. The van der Waals surface area contributed by atoms with Gasteiger partial charge in [0.2, 0.25) is 0 Å². The van der Waals surface area contributed by atoms with Gasteiger partial charge in [-0.3, -0.25) is 0 Å². The zero-order valence-corrected chi connectivity index (χ0v) is 14.7. The average molecular weight is 331 g/mol. The summed E-state index contributed by atoms with van der Waals surface area (Å²) in [5.41, 5.74) is 1.20. The second-order valence-corrected chi connectivity index (χ2v) is 6.89. The number of methoxy groups -OCH3 is 1. The van der Waals surface area contributed by atoms with E-state index in [1.54, 1.807) is 7.11 Å². The lowest BCUT2D eigenvalue weighted by Gasteiger charge is -2.22. The number of hydrogen-bond acceptors (Lipinski definition) is 3. The highest BCUT2D eigenvalue weighted by atomic mass is 16.5. The molecule has 5 heteroatoms. The van der Waals surface area contributed by atoms with Crippen molar-refractivity contribution in [2.45, 2.75) is 32.1 Å². The molecule has 2 amide bonds. The van der Waals surface area contributed by atoms with E-state index in [-0.39, 0.29) is 6.03 Å². The van der Waals surface area contributed by atoms with Crippen LogP contribution in [0.4, 0.5) is 10.5 Å². The summed E-state index contributed by atoms with van der Waals surface area (Å²) in [7, 11) is 1.70. The first-order valence-electron chi connectivity index (χ1n) is 9.18. The molecule has 2 aliphatic rings. The van der Waals surface area contributed by atoms with Gasteiger partial charge in [-0.05, 0) is 37.3 Å². The van der Waals surface area contributed by atoms with Crippen LogP contribution < -0.4 is 15.0 Å². The molecule has 1 aromatic carbocycles. The van der Waals surface area contributed by atoms with E-state index in [0.29, 0.717) is 5.92 Å². The van der Waals surface area contributed by atoms with Crippen LogP contribution in [0.1, 0.15) is 32.1 Å². The molecular weight excluding hydrogens is 302 g/mol. The van der Waals surface area contributed by atoms with Gasteiger partial charge in [-0.1, -0.05) is 18.9 Å². The van der Waals surface area contributed by atoms with E-state index in [9.17, 15) is 4.79 Å². The Morgan fingerprint density at radius 3 is 2.75 bits per heavy atom. The van der Waals surface area contributed by atoms with Gasteiger partial charge in [-0.2, -0.15) is 0 Å². The molecule has 24 heavy (non-hydrogen) atoms. The van der Waals surface area contributed by atoms with Gasteiger partial charge in [0.1, 0.15) is 5.75 Å². The molecule has 5 nitrogen and oxygen atoms in total. The Kier molecular flexibility index (Phi) is 5.83. The molecule has 2 fully saturated rings. The molecular formula is C19H29N3O2. The van der Waals surface area contributed by atoms with Gasteiger partial charge in [-0.25, -0.2) is 4.79 Å². The lowest BCUT2D eigenvalue weighted by Crippen LogP contribution is -2.42. The van der Waals surface area contributed by atoms with E-state index in [2.05, 4.69) is 22.3 Å². The molecule has 2 heterocycles. The monoisotopic (exact) mass is 331 g/mol. The Hall–Kier alpha value is -1.91. The number of hydrogen-bond donors (Lipinski definition) is 1. The Bertz CT molecular complexity index is 541. The minimum atomic E-state index is 0.122. The molecule has 1 aromatic rings. The molecule has 0 radical (unpaired) electrons. The van der Waals surface area contributed by atoms with Crippen molar-refractivity contribution in [1.29, 1.82) is 0 Å². The van der Waals surface area contributed by atoms with Crippen molar-refractivity contribution in [1.82, 2.24) is 10.2 Å². The smallest absolute Gasteiger partial charge is 0.317 e. The summed E-state index contributed by atoms with van der Waals surface area (Å²) in [6.45, 7) is 4.62. The number of rotatable bonds is 4. The van der Waals surface area contributed by atoms with E-state index in [1.807, 2.05) is 17.0 Å². The molecule has 0 unspecified atom stereocenters. The Balaban J connectivity index is 1.46. The fraction of sp³-hybridized carbons (Fsp3) is 0.632. The van der Waals surface area contributed by atoms with E-state index >= 15 is 0 Å². The predicted molar refractivity (Wildman–Crippen MR) is 96.8 cm³/mol. The van der Waals surface area contributed by atoms with Crippen molar-refractivity contribution in [2.75, 3.05) is 44.7 Å². The number of carbonyl (C=O) groups is 1. The zero-order valence-electron chi connectivity index (χ0n) is 14.7. The van der Waals surface area contributed by atoms with Crippen LogP contribution in [0.15, 0.2) is 24.3 Å². The van der Waals surface area contributed by atoms with Crippen molar-refractivity contribution in [3.63, 3.8) is 0 Å². The molecule has 0 spiro atoms. The summed E-state index contributed by atoms with van der Waals surface area (Å²) >= 11 is 0. The van der Waals surface area contributed by atoms with Crippen molar-refractivity contribution < 1.29 is 9.53 Å². The highest BCUT2D eigenvalue weighted by Crippen LogP contribution is 2.26. The summed E-state index contributed by atoms with van der Waals surface area (Å²) < 4.78 is 5.31. The second kappa shape index (κ2) is 8.27. The Morgan fingerprint density at radius 1 is 1.21 bits per heavy atom. The van der Waals surface area contributed by atoms with Crippen LogP contribution >= 0.6 is 0 Å². The number of anilines is 1. The fourth-order valence-corrected chi connectivity index (χ4v) is 3.66. The van der Waals surface area contributed by atoms with Gasteiger partial charge in [0, 0.05) is 44.5 Å². The molecule has 0 aromatic heterocycles. The van der Waals surface area contributed by atoms with Crippen LogP contribution in [0, 0.1) is 5.92 Å². The number of amides is 2. The van der Waals surface area contributed by atoms with Crippen molar-refractivity contribution in [2.24, 2.45) is 5.92 Å². The number of carbonyl (C=O) groups excluding carboxylic acids is 1. The first kappa shape index (κ1) is 16.9. The van der Waals surface area contributed by atoms with Crippen LogP contribution in [0.3, 0.4) is 0 Å². The SMILES string of the molecule is COc1cccc(N2CC[C@@H](CNC(=O)N3CCCCCC3)C2)c1. The van der Waals surface area contributed by atoms with Gasteiger partial charge < -0.3 is 19.9 Å². The molecule has 0 aliphatic carbocycles. The topological polar surface area (TPSA) is 44.8 Å². The lowest BCUT2D eigenvalue weighted by molar-refractivity contribution is 0.198. The third-order valence-corrected chi connectivity index (χ3v) is 5.14. The van der Waals surface area contributed by atoms with Gasteiger partial charge >= 0.3 is 6.03 Å². The van der Waals surface area contributed by atoms with Crippen LogP contribution in [0.2, 0.25) is 0 Å². The first-order valence-corrected chi connectivity index (χ1v) is 9.18. The third-order valence-electron chi connectivity index (χ3n) is 5.14. The number of ether oxygens (including phenoxy) is 1. The molecule has 0 bridgehead atoms. The van der Waals surface area contributed by atoms with Crippen molar-refractivity contribution in [3.8, 4) is 5.75 Å². The summed E-state index contributed by atoms with van der Waals surface area (Å²) in [5.74, 6) is 1.41. The van der Waals surface area contributed by atoms with Crippen molar-refractivity contribution >= 4 is 11.7 Å². The maximum Gasteiger partial charge on any atom is 0.317 e. The molecule has 3 rings (SSSR count). The van der Waals surface area contributed by atoms with Gasteiger partial charge in [-0.15, -0.1) is 0 Å². The second-order valence-electron chi connectivity index (χ2n) is 6.89. The van der Waals surface area contributed by atoms with Crippen LogP contribution in [-0.4, -0.2) is 50.8 Å². The van der Waals surface area contributed by atoms with E-state index < -0.39 is 0 Å². The van der Waals surface area contributed by atoms with Crippen molar-refractivity contribution in [3.05, 3.63) is 24.3 Å². The summed E-state index contributed by atoms with van der Waals surface area (Å²) in [6.07, 6.45) is 5.90. The highest BCUT2D eigenvalue weighted by Gasteiger charge is 2.24. The molecule has 132 valence electrons. The number of likely N-dealkylation sites (tertiary alicyclic amines) is 1. The minimum Gasteiger partial charge on any atom is -0.497 e. The molecule has 2 aliphatic heterocycles.